The van der Waals surface area contributed by atoms with Gasteiger partial charge in [-0.2, -0.15) is 5.10 Å². The molecule has 0 aliphatic carbocycles. The number of hydrogen-bond acceptors (Lipinski definition) is 5. The molecule has 24 heavy (non-hydrogen) atoms. The number of H-pyrrole nitrogens is 1. The van der Waals surface area contributed by atoms with E-state index in [2.05, 4.69) is 15.5 Å². The van der Waals surface area contributed by atoms with E-state index < -0.39 is 0 Å². The van der Waals surface area contributed by atoms with Crippen LogP contribution in [0.3, 0.4) is 0 Å². The molecule has 3 rings (SSSR count). The number of carbonyl (C=O) groups excluding carboxylic acids is 2. The van der Waals surface area contributed by atoms with E-state index in [1.807, 2.05) is 30.1 Å². The van der Waals surface area contributed by atoms with Crippen molar-refractivity contribution in [1.82, 2.24) is 20.4 Å². The maximum absolute atomic E-state index is 12.5. The van der Waals surface area contributed by atoms with Gasteiger partial charge in [0.05, 0.1) is 13.3 Å². The number of nitrogens with one attached hydrogen (secondary N) is 2. The molecule has 0 spiro atoms. The number of carbonyl (C=O) groups is 2. The fourth-order valence-corrected chi connectivity index (χ4v) is 3.03. The van der Waals surface area contributed by atoms with Gasteiger partial charge in [0.1, 0.15) is 6.04 Å². The monoisotopic (exact) mass is 328 g/mol. The Morgan fingerprint density at radius 2 is 2.21 bits per heavy atom. The van der Waals surface area contributed by atoms with Crippen LogP contribution in [0.25, 0.3) is 11.1 Å². The van der Waals surface area contributed by atoms with Crippen LogP contribution in [-0.2, 0) is 9.53 Å². The summed E-state index contributed by atoms with van der Waals surface area (Å²) in [6.07, 6.45) is 4.05. The molecule has 0 radical (unpaired) electrons. The van der Waals surface area contributed by atoms with Gasteiger partial charge in [0.25, 0.3) is 5.91 Å². The Morgan fingerprint density at radius 1 is 1.38 bits per heavy atom. The van der Waals surface area contributed by atoms with Gasteiger partial charge in [-0.05, 0) is 31.2 Å². The number of ether oxygens (including phenoxy) is 1. The Labute approximate surface area is 140 Å². The van der Waals surface area contributed by atoms with Crippen molar-refractivity contribution in [2.24, 2.45) is 0 Å². The number of likely N-dealkylation sites (tertiary alicyclic amines) is 1. The lowest BCUT2D eigenvalue weighted by molar-refractivity contribution is -0.145. The van der Waals surface area contributed by atoms with Crippen molar-refractivity contribution in [2.75, 3.05) is 20.7 Å². The van der Waals surface area contributed by atoms with Crippen LogP contribution in [-0.4, -0.2) is 59.8 Å². The smallest absolute Gasteiger partial charge is 0.323 e. The zero-order valence-corrected chi connectivity index (χ0v) is 13.7. The van der Waals surface area contributed by atoms with Gasteiger partial charge >= 0.3 is 5.97 Å². The average Bonchev–Trinajstić information content (AvgIpc) is 3.24. The Bertz CT molecular complexity index is 729. The number of aromatic nitrogens is 2. The second kappa shape index (κ2) is 6.84. The van der Waals surface area contributed by atoms with Crippen molar-refractivity contribution in [2.45, 2.75) is 18.5 Å². The molecule has 2 atom stereocenters. The summed E-state index contributed by atoms with van der Waals surface area (Å²) in [5.74, 6) is -0.416. The number of aromatic amines is 1. The van der Waals surface area contributed by atoms with E-state index in [-0.39, 0.29) is 24.0 Å². The van der Waals surface area contributed by atoms with Gasteiger partial charge in [-0.25, -0.2) is 0 Å². The Kier molecular flexibility index (Phi) is 4.61. The SMILES string of the molecule is COC(=O)[C@@H]1C[C@@H](NC(=O)c2cccc(-c3cn[nH]c3)c2)CN1C. The molecule has 126 valence electrons. The Balaban J connectivity index is 1.68. The molecule has 1 amide bonds. The fourth-order valence-electron chi connectivity index (χ4n) is 3.03. The summed E-state index contributed by atoms with van der Waals surface area (Å²) < 4.78 is 4.80. The second-order valence-electron chi connectivity index (χ2n) is 5.95. The van der Waals surface area contributed by atoms with E-state index in [1.165, 1.54) is 7.11 Å². The first-order valence-electron chi connectivity index (χ1n) is 7.76. The minimum atomic E-state index is -0.308. The van der Waals surface area contributed by atoms with Crippen LogP contribution < -0.4 is 5.32 Å². The normalized spacial score (nSPS) is 20.8. The summed E-state index contributed by atoms with van der Waals surface area (Å²) in [5.41, 5.74) is 2.43. The molecule has 1 aliphatic heterocycles. The van der Waals surface area contributed by atoms with Crippen molar-refractivity contribution < 1.29 is 14.3 Å². The minimum absolute atomic E-state index is 0.0795. The fraction of sp³-hybridized carbons (Fsp3) is 0.353. The number of esters is 1. The minimum Gasteiger partial charge on any atom is -0.468 e. The molecule has 1 aromatic heterocycles. The van der Waals surface area contributed by atoms with Crippen LogP contribution >= 0.6 is 0 Å². The van der Waals surface area contributed by atoms with E-state index in [9.17, 15) is 9.59 Å². The molecule has 0 bridgehead atoms. The van der Waals surface area contributed by atoms with E-state index in [1.54, 1.807) is 18.5 Å². The van der Waals surface area contributed by atoms with E-state index in [0.717, 1.165) is 11.1 Å². The van der Waals surface area contributed by atoms with Gasteiger partial charge in [-0.1, -0.05) is 12.1 Å². The quantitative estimate of drug-likeness (QED) is 0.819. The maximum Gasteiger partial charge on any atom is 0.323 e. The Morgan fingerprint density at radius 3 is 2.92 bits per heavy atom. The number of nitrogens with zero attached hydrogens (tertiary/aromatic N) is 2. The summed E-state index contributed by atoms with van der Waals surface area (Å²) in [5, 5.41) is 9.68. The topological polar surface area (TPSA) is 87.3 Å². The third-order valence-electron chi connectivity index (χ3n) is 4.31. The molecule has 2 heterocycles. The highest BCUT2D eigenvalue weighted by atomic mass is 16.5. The molecule has 1 aliphatic rings. The largest absolute Gasteiger partial charge is 0.468 e. The van der Waals surface area contributed by atoms with Gasteiger partial charge in [-0.15, -0.1) is 0 Å². The van der Waals surface area contributed by atoms with Gasteiger partial charge in [-0.3, -0.25) is 19.6 Å². The third kappa shape index (κ3) is 3.30. The number of hydrogen-bond donors (Lipinski definition) is 2. The standard InChI is InChI=1S/C17H20N4O3/c1-21-10-14(7-15(21)17(23)24-2)20-16(22)12-5-3-4-11(6-12)13-8-18-19-9-13/h3-6,8-9,14-15H,7,10H2,1-2H3,(H,18,19)(H,20,22)/t14-,15+/m1/s1. The summed E-state index contributed by atoms with van der Waals surface area (Å²) in [6.45, 7) is 0.618. The van der Waals surface area contributed by atoms with Crippen LogP contribution in [0.2, 0.25) is 0 Å². The number of rotatable bonds is 4. The van der Waals surface area contributed by atoms with Gasteiger partial charge < -0.3 is 10.1 Å². The molecule has 0 unspecified atom stereocenters. The third-order valence-corrected chi connectivity index (χ3v) is 4.31. The number of benzene rings is 1. The van der Waals surface area contributed by atoms with Crippen LogP contribution in [0, 0.1) is 0 Å². The number of amides is 1. The van der Waals surface area contributed by atoms with Crippen LogP contribution in [0.4, 0.5) is 0 Å². The molecule has 0 saturated carbocycles. The van der Waals surface area contributed by atoms with Crippen molar-refractivity contribution >= 4 is 11.9 Å². The van der Waals surface area contributed by atoms with E-state index in [4.69, 9.17) is 4.74 Å². The van der Waals surface area contributed by atoms with Crippen molar-refractivity contribution in [1.29, 1.82) is 0 Å². The highest BCUT2D eigenvalue weighted by Gasteiger charge is 2.35. The summed E-state index contributed by atoms with van der Waals surface area (Å²) in [4.78, 5) is 26.1. The van der Waals surface area contributed by atoms with E-state index >= 15 is 0 Å². The predicted molar refractivity (Wildman–Crippen MR) is 88.3 cm³/mol. The molecular weight excluding hydrogens is 308 g/mol. The molecule has 1 aromatic carbocycles. The van der Waals surface area contributed by atoms with Crippen LogP contribution in [0.15, 0.2) is 36.7 Å². The summed E-state index contributed by atoms with van der Waals surface area (Å²) in [7, 11) is 3.23. The first kappa shape index (κ1) is 16.2. The van der Waals surface area contributed by atoms with Gasteiger partial charge in [0, 0.05) is 29.9 Å². The first-order valence-corrected chi connectivity index (χ1v) is 7.76. The zero-order valence-electron chi connectivity index (χ0n) is 13.7. The molecule has 2 aromatic rings. The highest BCUT2D eigenvalue weighted by molar-refractivity contribution is 5.95. The lowest BCUT2D eigenvalue weighted by Gasteiger charge is -2.15. The highest BCUT2D eigenvalue weighted by Crippen LogP contribution is 2.20. The van der Waals surface area contributed by atoms with Crippen molar-refractivity contribution in [3.05, 3.63) is 42.2 Å². The summed E-state index contributed by atoms with van der Waals surface area (Å²) in [6, 6.07) is 6.99. The van der Waals surface area contributed by atoms with Crippen molar-refractivity contribution in [3.63, 3.8) is 0 Å². The zero-order chi connectivity index (χ0) is 17.1. The van der Waals surface area contributed by atoms with Gasteiger partial charge in [0.15, 0.2) is 0 Å². The molecule has 1 fully saturated rings. The first-order chi connectivity index (χ1) is 11.6. The van der Waals surface area contributed by atoms with E-state index in [0.29, 0.717) is 18.5 Å². The Hall–Kier alpha value is -2.67. The lowest BCUT2D eigenvalue weighted by Crippen LogP contribution is -2.36. The lowest BCUT2D eigenvalue weighted by atomic mass is 10.1. The maximum atomic E-state index is 12.5. The van der Waals surface area contributed by atoms with Crippen molar-refractivity contribution in [3.8, 4) is 11.1 Å². The number of methoxy groups -OCH3 is 1. The molecule has 7 heteroatoms. The molecular formula is C17H20N4O3. The van der Waals surface area contributed by atoms with Gasteiger partial charge in [0.2, 0.25) is 0 Å². The predicted octanol–water partition coefficient (Wildman–Crippen LogP) is 1.05. The summed E-state index contributed by atoms with van der Waals surface area (Å²) >= 11 is 0. The number of likely N-dealkylation sites (N-methyl/N-ethyl adjacent to an activating group) is 1. The van der Waals surface area contributed by atoms with Crippen LogP contribution in [0.1, 0.15) is 16.8 Å². The molecule has 7 nitrogen and oxygen atoms in total. The average molecular weight is 328 g/mol. The molecule has 1 saturated heterocycles. The molecule has 2 N–H and O–H groups in total. The second-order valence-corrected chi connectivity index (χ2v) is 5.95. The van der Waals surface area contributed by atoms with Crippen LogP contribution in [0.5, 0.6) is 0 Å².